The minimum atomic E-state index is -3.57. The predicted octanol–water partition coefficient (Wildman–Crippen LogP) is 8.48. The molecule has 0 fully saturated rings. The third-order valence-corrected chi connectivity index (χ3v) is 9.73. The van der Waals surface area contributed by atoms with Crippen LogP contribution in [0, 0.1) is 5.82 Å². The molecule has 0 saturated heterocycles. The molecular formula is C40H52FN5O9S. The highest BCUT2D eigenvalue weighted by atomic mass is 32.2. The van der Waals surface area contributed by atoms with Crippen LogP contribution in [0.3, 0.4) is 0 Å². The highest BCUT2D eigenvalue weighted by Gasteiger charge is 2.29. The second-order valence-electron chi connectivity index (χ2n) is 16.1. The molecule has 14 nitrogen and oxygen atoms in total. The fourth-order valence-electron chi connectivity index (χ4n) is 4.52. The summed E-state index contributed by atoms with van der Waals surface area (Å²) in [6.45, 7) is 19.4. The minimum absolute atomic E-state index is 0.0203. The third kappa shape index (κ3) is 12.4. The van der Waals surface area contributed by atoms with Crippen LogP contribution >= 0.6 is 0 Å². The van der Waals surface area contributed by atoms with Crippen molar-refractivity contribution in [3.05, 3.63) is 66.2 Å². The number of hydrogen-bond donors (Lipinski definition) is 0. The van der Waals surface area contributed by atoms with E-state index in [0.29, 0.717) is 21.7 Å². The smallest absolute Gasteiger partial charge is 0.422 e. The van der Waals surface area contributed by atoms with Crippen LogP contribution in [0.25, 0.3) is 33.8 Å². The molecule has 3 aromatic heterocycles. The van der Waals surface area contributed by atoms with Gasteiger partial charge in [-0.15, -0.1) is 0 Å². The van der Waals surface area contributed by atoms with E-state index in [1.807, 2.05) is 20.8 Å². The quantitative estimate of drug-likeness (QED) is 0.148. The van der Waals surface area contributed by atoms with E-state index in [1.165, 1.54) is 53.7 Å². The number of carbonyl (C=O) groups is 3. The molecular weight excluding hydrogens is 746 g/mol. The van der Waals surface area contributed by atoms with Gasteiger partial charge in [-0.2, -0.15) is 4.90 Å². The molecule has 0 saturated carbocycles. The van der Waals surface area contributed by atoms with Crippen LogP contribution in [0.4, 0.5) is 19.8 Å². The lowest BCUT2D eigenvalue weighted by Crippen LogP contribution is -2.36. The highest BCUT2D eigenvalue weighted by molar-refractivity contribution is 7.92. The molecule has 3 amide bonds. The zero-order valence-electron chi connectivity index (χ0n) is 34.3. The van der Waals surface area contributed by atoms with Gasteiger partial charge < -0.3 is 23.6 Å². The monoisotopic (exact) mass is 797 g/mol. The van der Waals surface area contributed by atoms with Crippen molar-refractivity contribution in [1.29, 1.82) is 0 Å². The molecule has 0 spiro atoms. The van der Waals surface area contributed by atoms with Crippen LogP contribution in [0.1, 0.15) is 81.7 Å². The number of rotatable bonds is 9. The minimum Gasteiger partial charge on any atom is -0.444 e. The first kappa shape index (κ1) is 45.2. The van der Waals surface area contributed by atoms with Gasteiger partial charge in [0.25, 0.3) is 0 Å². The Bertz CT molecular complexity index is 2120. The van der Waals surface area contributed by atoms with Crippen LogP contribution in [-0.4, -0.2) is 83.2 Å². The number of hydrogen-bond acceptors (Lipinski definition) is 12. The topological polar surface area (TPSA) is 171 Å². The standard InChI is InChI=1S/C35H40FN5O8S.C5H12O/c1-21(2)50(45,46)24-11-13-28(37-18-24)23-15-26(31(38-17-23)41(20-42)33(44)48-35(6,7)8)30-16-29(39-49-30)25-12-10-22(14-27(25)36)19-40(9)32(43)47-34(3,4)5;1-5(2,3)6-4/h10-18,20-21H,19H2,1-9H3;1-4H3. The fraction of sp³-hybridized carbons (Fsp3) is 0.450. The second kappa shape index (κ2) is 17.7. The van der Waals surface area contributed by atoms with Gasteiger partial charge in [-0.1, -0.05) is 11.2 Å². The Morgan fingerprint density at radius 3 is 1.95 bits per heavy atom. The zero-order chi connectivity index (χ0) is 42.4. The fourth-order valence-corrected chi connectivity index (χ4v) is 5.53. The van der Waals surface area contributed by atoms with Crippen molar-refractivity contribution in [2.45, 2.75) is 110 Å². The summed E-state index contributed by atoms with van der Waals surface area (Å²) in [5.74, 6) is -0.788. The Morgan fingerprint density at radius 2 is 1.45 bits per heavy atom. The van der Waals surface area contributed by atoms with Gasteiger partial charge in [-0.25, -0.2) is 27.4 Å². The van der Waals surface area contributed by atoms with Crippen molar-refractivity contribution < 1.29 is 45.9 Å². The summed E-state index contributed by atoms with van der Waals surface area (Å²) >= 11 is 0. The summed E-state index contributed by atoms with van der Waals surface area (Å²) in [6.07, 6.45) is 1.27. The van der Waals surface area contributed by atoms with E-state index >= 15 is 4.39 Å². The molecule has 56 heavy (non-hydrogen) atoms. The summed E-state index contributed by atoms with van der Waals surface area (Å²) in [4.78, 5) is 48.3. The van der Waals surface area contributed by atoms with Crippen molar-refractivity contribution in [2.75, 3.05) is 19.1 Å². The Balaban J connectivity index is 0.00000130. The summed E-state index contributed by atoms with van der Waals surface area (Å²) < 4.78 is 62.0. The molecule has 0 bridgehead atoms. The van der Waals surface area contributed by atoms with Crippen LogP contribution in [0.15, 0.2) is 64.3 Å². The van der Waals surface area contributed by atoms with Gasteiger partial charge in [0.2, 0.25) is 6.41 Å². The molecule has 3 heterocycles. The van der Waals surface area contributed by atoms with Crippen molar-refractivity contribution in [3.8, 4) is 33.8 Å². The summed E-state index contributed by atoms with van der Waals surface area (Å²) in [7, 11) is -0.321. The van der Waals surface area contributed by atoms with Gasteiger partial charge in [0.15, 0.2) is 21.4 Å². The van der Waals surface area contributed by atoms with E-state index in [0.717, 1.165) is 0 Å². The van der Waals surface area contributed by atoms with E-state index in [2.05, 4.69) is 15.1 Å². The lowest BCUT2D eigenvalue weighted by Gasteiger charge is -2.24. The van der Waals surface area contributed by atoms with Crippen molar-refractivity contribution >= 4 is 34.3 Å². The molecule has 0 N–H and O–H groups in total. The lowest BCUT2D eigenvalue weighted by molar-refractivity contribution is -0.107. The highest BCUT2D eigenvalue weighted by Crippen LogP contribution is 2.36. The average molecular weight is 798 g/mol. The third-order valence-electron chi connectivity index (χ3n) is 7.59. The van der Waals surface area contributed by atoms with Gasteiger partial charge in [0, 0.05) is 50.3 Å². The van der Waals surface area contributed by atoms with E-state index in [-0.39, 0.29) is 51.9 Å². The van der Waals surface area contributed by atoms with Crippen molar-refractivity contribution in [1.82, 2.24) is 20.0 Å². The first-order chi connectivity index (χ1) is 25.8. The van der Waals surface area contributed by atoms with Crippen LogP contribution in [0.2, 0.25) is 0 Å². The second-order valence-corrected chi connectivity index (χ2v) is 18.6. The number of aromatic nitrogens is 3. The van der Waals surface area contributed by atoms with Gasteiger partial charge in [0.1, 0.15) is 22.7 Å². The normalized spacial score (nSPS) is 12.1. The molecule has 16 heteroatoms. The number of anilines is 1. The maximum absolute atomic E-state index is 15.5. The zero-order valence-corrected chi connectivity index (χ0v) is 35.1. The van der Waals surface area contributed by atoms with Gasteiger partial charge in [0.05, 0.1) is 27.0 Å². The number of sulfone groups is 1. The van der Waals surface area contributed by atoms with E-state index < -0.39 is 44.3 Å². The number of carbonyl (C=O) groups excluding carboxylic acids is 3. The Labute approximate surface area is 328 Å². The van der Waals surface area contributed by atoms with Crippen molar-refractivity contribution in [2.24, 2.45) is 0 Å². The molecule has 304 valence electrons. The van der Waals surface area contributed by atoms with Crippen LogP contribution in [0.5, 0.6) is 0 Å². The van der Waals surface area contributed by atoms with E-state index in [9.17, 15) is 22.8 Å². The van der Waals surface area contributed by atoms with Gasteiger partial charge >= 0.3 is 12.2 Å². The largest absolute Gasteiger partial charge is 0.444 e. The Morgan fingerprint density at radius 1 is 0.839 bits per heavy atom. The summed E-state index contributed by atoms with van der Waals surface area (Å²) in [5.41, 5.74) is -0.0826. The molecule has 0 aliphatic heterocycles. The number of ether oxygens (including phenoxy) is 3. The van der Waals surface area contributed by atoms with Crippen molar-refractivity contribution in [3.63, 3.8) is 0 Å². The maximum Gasteiger partial charge on any atom is 0.422 e. The van der Waals surface area contributed by atoms with E-state index in [1.54, 1.807) is 75.6 Å². The molecule has 0 radical (unpaired) electrons. The van der Waals surface area contributed by atoms with Gasteiger partial charge in [-0.05, 0) is 112 Å². The average Bonchev–Trinajstić information content (AvgIpc) is 3.57. The van der Waals surface area contributed by atoms with Crippen LogP contribution < -0.4 is 4.90 Å². The first-order valence-electron chi connectivity index (χ1n) is 17.7. The Kier molecular flexibility index (Phi) is 14.3. The molecule has 0 aliphatic carbocycles. The molecule has 0 atom stereocenters. The van der Waals surface area contributed by atoms with E-state index in [4.69, 9.17) is 18.7 Å². The predicted molar refractivity (Wildman–Crippen MR) is 210 cm³/mol. The molecule has 0 unspecified atom stereocenters. The SMILES string of the molecule is CC(C)S(=O)(=O)c1ccc(-c2cnc(N(C=O)C(=O)OC(C)(C)C)c(-c3cc(-c4ccc(CN(C)C(=O)OC(C)(C)C)cc4F)no3)c2)nc1.COC(C)(C)C. The number of benzene rings is 1. The van der Waals surface area contributed by atoms with Gasteiger partial charge in [-0.3, -0.25) is 9.78 Å². The molecule has 0 aliphatic rings. The number of amides is 3. The summed E-state index contributed by atoms with van der Waals surface area (Å²) in [5, 5.41) is 3.39. The number of imide groups is 1. The first-order valence-corrected chi connectivity index (χ1v) is 19.2. The molecule has 1 aromatic carbocycles. The lowest BCUT2D eigenvalue weighted by atomic mass is 10.0. The Hall–Kier alpha value is -5.22. The molecule has 4 rings (SSSR count). The maximum atomic E-state index is 15.5. The number of nitrogens with zero attached hydrogens (tertiary/aromatic N) is 5. The number of methoxy groups -OCH3 is 1. The van der Waals surface area contributed by atoms with Crippen LogP contribution in [-0.2, 0) is 35.4 Å². The number of halogens is 1. The molecule has 4 aromatic rings. The number of pyridine rings is 2. The summed E-state index contributed by atoms with van der Waals surface area (Å²) in [6, 6.07) is 10.3.